The zero-order valence-electron chi connectivity index (χ0n) is 11.4. The number of benzene rings is 1. The summed E-state index contributed by atoms with van der Waals surface area (Å²) in [6, 6.07) is 8.45. The third kappa shape index (κ3) is 3.03. The predicted octanol–water partition coefficient (Wildman–Crippen LogP) is 3.18. The smallest absolute Gasteiger partial charge is 0.129 e. The molecule has 19 heavy (non-hydrogen) atoms. The summed E-state index contributed by atoms with van der Waals surface area (Å²) in [5.74, 6) is 1.17. The average molecular weight is 263 g/mol. The predicted molar refractivity (Wildman–Crippen MR) is 71.5 cm³/mol. The molecule has 0 saturated heterocycles. The van der Waals surface area contributed by atoms with Crippen LogP contribution in [0.15, 0.2) is 34.7 Å². The molecule has 1 unspecified atom stereocenters. The van der Waals surface area contributed by atoms with Crippen molar-refractivity contribution in [2.75, 3.05) is 14.2 Å². The van der Waals surface area contributed by atoms with Crippen molar-refractivity contribution >= 4 is 0 Å². The summed E-state index contributed by atoms with van der Waals surface area (Å²) in [5, 5.41) is 3.08. The highest BCUT2D eigenvalue weighted by atomic mass is 19.1. The second kappa shape index (κ2) is 5.99. The van der Waals surface area contributed by atoms with Gasteiger partial charge in [0.2, 0.25) is 0 Å². The summed E-state index contributed by atoms with van der Waals surface area (Å²) in [7, 11) is 3.39. The Morgan fingerprint density at radius 1 is 1.32 bits per heavy atom. The molecular formula is C15H18FNO2. The van der Waals surface area contributed by atoms with Gasteiger partial charge in [0.1, 0.15) is 23.9 Å². The summed E-state index contributed by atoms with van der Waals surface area (Å²) >= 11 is 0. The fourth-order valence-corrected chi connectivity index (χ4v) is 2.10. The van der Waals surface area contributed by atoms with Crippen molar-refractivity contribution < 1.29 is 13.5 Å². The van der Waals surface area contributed by atoms with Crippen molar-refractivity contribution in [1.82, 2.24) is 5.32 Å². The third-order valence-corrected chi connectivity index (χ3v) is 3.00. The van der Waals surface area contributed by atoms with Gasteiger partial charge in [-0.2, -0.15) is 0 Å². The van der Waals surface area contributed by atoms with E-state index < -0.39 is 0 Å². The minimum Gasteiger partial charge on any atom is -0.462 e. The van der Waals surface area contributed by atoms with Gasteiger partial charge in [-0.3, -0.25) is 0 Å². The SMILES string of the molecule is CNC(c1ccc(COC)o1)c1cc(C)ccc1F. The van der Waals surface area contributed by atoms with E-state index in [1.165, 1.54) is 6.07 Å². The molecule has 4 heteroatoms. The topological polar surface area (TPSA) is 34.4 Å². The Kier molecular flexibility index (Phi) is 4.35. The Morgan fingerprint density at radius 3 is 2.79 bits per heavy atom. The van der Waals surface area contributed by atoms with E-state index in [0.717, 1.165) is 11.3 Å². The Morgan fingerprint density at radius 2 is 2.11 bits per heavy atom. The first-order chi connectivity index (χ1) is 9.15. The molecule has 0 aliphatic rings. The van der Waals surface area contributed by atoms with Crippen LogP contribution in [0.2, 0.25) is 0 Å². The van der Waals surface area contributed by atoms with Gasteiger partial charge in [0.15, 0.2) is 0 Å². The molecule has 2 aromatic rings. The summed E-state index contributed by atoms with van der Waals surface area (Å²) in [6.07, 6.45) is 0. The van der Waals surface area contributed by atoms with Gasteiger partial charge in [-0.05, 0) is 32.2 Å². The van der Waals surface area contributed by atoms with Crippen molar-refractivity contribution in [2.45, 2.75) is 19.6 Å². The fourth-order valence-electron chi connectivity index (χ4n) is 2.10. The van der Waals surface area contributed by atoms with Crippen molar-refractivity contribution in [1.29, 1.82) is 0 Å². The number of furan rings is 1. The minimum atomic E-state index is -0.300. The van der Waals surface area contributed by atoms with E-state index in [4.69, 9.17) is 9.15 Å². The van der Waals surface area contributed by atoms with E-state index in [2.05, 4.69) is 5.32 Å². The molecule has 0 aliphatic carbocycles. The van der Waals surface area contributed by atoms with E-state index >= 15 is 0 Å². The Bertz CT molecular complexity index is 551. The molecule has 3 nitrogen and oxygen atoms in total. The van der Waals surface area contributed by atoms with E-state index in [9.17, 15) is 4.39 Å². The molecule has 1 N–H and O–H groups in total. The van der Waals surface area contributed by atoms with Crippen LogP contribution in [-0.2, 0) is 11.3 Å². The molecule has 0 fully saturated rings. The second-order valence-electron chi connectivity index (χ2n) is 4.48. The van der Waals surface area contributed by atoms with Crippen LogP contribution in [0.25, 0.3) is 0 Å². The molecule has 0 radical (unpaired) electrons. The third-order valence-electron chi connectivity index (χ3n) is 3.00. The summed E-state index contributed by atoms with van der Waals surface area (Å²) in [5.41, 5.74) is 1.60. The number of ether oxygens (including phenoxy) is 1. The molecule has 1 heterocycles. The summed E-state index contributed by atoms with van der Waals surface area (Å²) in [6.45, 7) is 2.35. The highest BCUT2D eigenvalue weighted by Crippen LogP contribution is 2.26. The molecule has 0 aliphatic heterocycles. The lowest BCUT2D eigenvalue weighted by molar-refractivity contribution is 0.162. The van der Waals surface area contributed by atoms with Crippen molar-refractivity contribution in [3.8, 4) is 0 Å². The lowest BCUT2D eigenvalue weighted by atomic mass is 10.0. The number of methoxy groups -OCH3 is 1. The number of nitrogens with one attached hydrogen (secondary N) is 1. The normalized spacial score (nSPS) is 12.6. The maximum Gasteiger partial charge on any atom is 0.129 e. The lowest BCUT2D eigenvalue weighted by Crippen LogP contribution is -2.18. The minimum absolute atomic E-state index is 0.241. The van der Waals surface area contributed by atoms with Gasteiger partial charge in [-0.15, -0.1) is 0 Å². The monoisotopic (exact) mass is 263 g/mol. The van der Waals surface area contributed by atoms with Crippen LogP contribution in [0.1, 0.15) is 28.7 Å². The molecule has 2 rings (SSSR count). The second-order valence-corrected chi connectivity index (χ2v) is 4.48. The van der Waals surface area contributed by atoms with E-state index in [0.29, 0.717) is 17.9 Å². The van der Waals surface area contributed by atoms with Crippen molar-refractivity contribution in [2.24, 2.45) is 0 Å². The van der Waals surface area contributed by atoms with Gasteiger partial charge in [0.05, 0.1) is 6.04 Å². The van der Waals surface area contributed by atoms with Crippen LogP contribution >= 0.6 is 0 Å². The van der Waals surface area contributed by atoms with Gasteiger partial charge in [0, 0.05) is 12.7 Å². The number of rotatable bonds is 5. The fraction of sp³-hybridized carbons (Fsp3) is 0.333. The van der Waals surface area contributed by atoms with Crippen molar-refractivity contribution in [3.05, 3.63) is 58.8 Å². The number of hydrogen-bond acceptors (Lipinski definition) is 3. The van der Waals surface area contributed by atoms with Crippen LogP contribution in [0, 0.1) is 12.7 Å². The largest absolute Gasteiger partial charge is 0.462 e. The molecule has 102 valence electrons. The Hall–Kier alpha value is -1.65. The van der Waals surface area contributed by atoms with Gasteiger partial charge in [0.25, 0.3) is 0 Å². The van der Waals surface area contributed by atoms with Gasteiger partial charge >= 0.3 is 0 Å². The van der Waals surface area contributed by atoms with E-state index in [-0.39, 0.29) is 11.9 Å². The molecule has 1 atom stereocenters. The van der Waals surface area contributed by atoms with Crippen LogP contribution in [0.3, 0.4) is 0 Å². The standard InChI is InChI=1S/C15H18FNO2/c1-10-4-6-13(16)12(8-10)15(17-2)14-7-5-11(19-14)9-18-3/h4-8,15,17H,9H2,1-3H3. The number of hydrogen-bond donors (Lipinski definition) is 1. The summed E-state index contributed by atoms with van der Waals surface area (Å²) in [4.78, 5) is 0. The Labute approximate surface area is 112 Å². The molecule has 1 aromatic heterocycles. The molecular weight excluding hydrogens is 245 g/mol. The maximum atomic E-state index is 13.9. The first kappa shape index (κ1) is 13.8. The lowest BCUT2D eigenvalue weighted by Gasteiger charge is -2.15. The zero-order chi connectivity index (χ0) is 13.8. The first-order valence-electron chi connectivity index (χ1n) is 6.16. The first-order valence-corrected chi connectivity index (χ1v) is 6.16. The van der Waals surface area contributed by atoms with Gasteiger partial charge in [-0.1, -0.05) is 17.7 Å². The number of halogens is 1. The number of aryl methyl sites for hydroxylation is 1. The molecule has 0 saturated carbocycles. The maximum absolute atomic E-state index is 13.9. The summed E-state index contributed by atoms with van der Waals surface area (Å²) < 4.78 is 24.6. The van der Waals surface area contributed by atoms with Crippen LogP contribution in [0.5, 0.6) is 0 Å². The zero-order valence-corrected chi connectivity index (χ0v) is 11.4. The van der Waals surface area contributed by atoms with Crippen LogP contribution in [-0.4, -0.2) is 14.2 Å². The van der Waals surface area contributed by atoms with Crippen LogP contribution in [0.4, 0.5) is 4.39 Å². The molecule has 0 bridgehead atoms. The molecule has 1 aromatic carbocycles. The van der Waals surface area contributed by atoms with E-state index in [1.54, 1.807) is 20.2 Å². The highest BCUT2D eigenvalue weighted by Gasteiger charge is 2.19. The molecule has 0 spiro atoms. The Balaban J connectivity index is 2.35. The highest BCUT2D eigenvalue weighted by molar-refractivity contribution is 5.32. The van der Waals surface area contributed by atoms with Gasteiger partial charge < -0.3 is 14.5 Å². The molecule has 0 amide bonds. The van der Waals surface area contributed by atoms with Crippen molar-refractivity contribution in [3.63, 3.8) is 0 Å². The van der Waals surface area contributed by atoms with E-state index in [1.807, 2.05) is 25.1 Å². The van der Waals surface area contributed by atoms with Gasteiger partial charge in [-0.25, -0.2) is 4.39 Å². The average Bonchev–Trinajstić information content (AvgIpc) is 2.83. The van der Waals surface area contributed by atoms with Crippen LogP contribution < -0.4 is 5.32 Å². The quantitative estimate of drug-likeness (QED) is 0.899.